The smallest absolute Gasteiger partial charge is 0.251 e. The molecule has 0 atom stereocenters. The van der Waals surface area contributed by atoms with Crippen molar-refractivity contribution in [2.45, 2.75) is 39.5 Å². The number of hydrogen-bond acceptors (Lipinski definition) is 2. The van der Waals surface area contributed by atoms with Crippen molar-refractivity contribution in [3.05, 3.63) is 28.8 Å². The van der Waals surface area contributed by atoms with E-state index in [-0.39, 0.29) is 5.91 Å². The van der Waals surface area contributed by atoms with Crippen LogP contribution in [0.15, 0.2) is 12.1 Å². The lowest BCUT2D eigenvalue weighted by Gasteiger charge is -2.25. The lowest BCUT2D eigenvalue weighted by Crippen LogP contribution is -2.20. The van der Waals surface area contributed by atoms with E-state index in [0.29, 0.717) is 0 Å². The van der Waals surface area contributed by atoms with Crippen molar-refractivity contribution in [3.63, 3.8) is 0 Å². The number of amides is 1. The molecule has 3 nitrogen and oxygen atoms in total. The van der Waals surface area contributed by atoms with Crippen LogP contribution in [0.2, 0.25) is 0 Å². The largest absolute Gasteiger partial charge is 0.494 e. The second-order valence-corrected chi connectivity index (χ2v) is 5.45. The fraction of sp³-hybridized carbons (Fsp3) is 0.562. The van der Waals surface area contributed by atoms with Crippen LogP contribution in [0.25, 0.3) is 0 Å². The Morgan fingerprint density at radius 2 is 1.95 bits per heavy atom. The van der Waals surface area contributed by atoms with Crippen LogP contribution in [0.3, 0.4) is 0 Å². The SMILES string of the molecule is CNC(=O)c1c(C)cc(OCCC2CCC2)cc1C. The quantitative estimate of drug-likeness (QED) is 0.883. The molecule has 1 aliphatic rings. The molecule has 1 N–H and O–H groups in total. The zero-order chi connectivity index (χ0) is 13.8. The highest BCUT2D eigenvalue weighted by molar-refractivity contribution is 5.97. The van der Waals surface area contributed by atoms with Crippen LogP contribution in [0.1, 0.15) is 47.2 Å². The van der Waals surface area contributed by atoms with Gasteiger partial charge in [0.2, 0.25) is 0 Å². The van der Waals surface area contributed by atoms with Crippen molar-refractivity contribution in [2.24, 2.45) is 5.92 Å². The van der Waals surface area contributed by atoms with Crippen LogP contribution >= 0.6 is 0 Å². The number of rotatable bonds is 5. The summed E-state index contributed by atoms with van der Waals surface area (Å²) in [6, 6.07) is 3.91. The molecule has 104 valence electrons. The van der Waals surface area contributed by atoms with Gasteiger partial charge >= 0.3 is 0 Å². The first kappa shape index (κ1) is 13.9. The molecule has 0 spiro atoms. The zero-order valence-corrected chi connectivity index (χ0v) is 12.1. The van der Waals surface area contributed by atoms with E-state index in [9.17, 15) is 4.79 Å². The highest BCUT2D eigenvalue weighted by Gasteiger charge is 2.17. The maximum atomic E-state index is 11.8. The standard InChI is InChI=1S/C16H23NO2/c1-11-9-14(19-8-7-13-5-4-6-13)10-12(2)15(11)16(18)17-3/h9-10,13H,4-8H2,1-3H3,(H,17,18). The molecule has 1 aliphatic carbocycles. The Morgan fingerprint density at radius 1 is 1.32 bits per heavy atom. The molecule has 0 heterocycles. The van der Waals surface area contributed by atoms with Crippen LogP contribution in [-0.4, -0.2) is 19.6 Å². The van der Waals surface area contributed by atoms with Gasteiger partial charge in [0, 0.05) is 12.6 Å². The summed E-state index contributed by atoms with van der Waals surface area (Å²) in [4.78, 5) is 11.8. The second kappa shape index (κ2) is 6.09. The third-order valence-corrected chi connectivity index (χ3v) is 3.98. The molecule has 2 rings (SSSR count). The Morgan fingerprint density at radius 3 is 2.42 bits per heavy atom. The molecule has 3 heteroatoms. The van der Waals surface area contributed by atoms with E-state index in [1.54, 1.807) is 7.05 Å². The van der Waals surface area contributed by atoms with Crippen molar-refractivity contribution in [2.75, 3.05) is 13.7 Å². The minimum absolute atomic E-state index is 0.0315. The highest BCUT2D eigenvalue weighted by Crippen LogP contribution is 2.29. The summed E-state index contributed by atoms with van der Waals surface area (Å²) in [5, 5.41) is 2.68. The van der Waals surface area contributed by atoms with Crippen molar-refractivity contribution in [1.82, 2.24) is 5.32 Å². The van der Waals surface area contributed by atoms with Gasteiger partial charge in [0.05, 0.1) is 6.61 Å². The first-order valence-electron chi connectivity index (χ1n) is 7.08. The van der Waals surface area contributed by atoms with Crippen LogP contribution in [0, 0.1) is 19.8 Å². The monoisotopic (exact) mass is 261 g/mol. The van der Waals surface area contributed by atoms with Crippen LogP contribution in [0.4, 0.5) is 0 Å². The summed E-state index contributed by atoms with van der Waals surface area (Å²) in [5.74, 6) is 1.71. The number of aryl methyl sites for hydroxylation is 2. The molecule has 1 aromatic carbocycles. The Labute approximate surface area is 115 Å². The van der Waals surface area contributed by atoms with E-state index in [1.807, 2.05) is 26.0 Å². The first-order valence-corrected chi connectivity index (χ1v) is 7.08. The average Bonchev–Trinajstić information content (AvgIpc) is 2.31. The summed E-state index contributed by atoms with van der Waals surface area (Å²) in [6.07, 6.45) is 5.24. The van der Waals surface area contributed by atoms with Crippen LogP contribution < -0.4 is 10.1 Å². The van der Waals surface area contributed by atoms with Crippen molar-refractivity contribution in [3.8, 4) is 5.75 Å². The summed E-state index contributed by atoms with van der Waals surface area (Å²) in [5.41, 5.74) is 2.70. The van der Waals surface area contributed by atoms with Crippen molar-refractivity contribution >= 4 is 5.91 Å². The van der Waals surface area contributed by atoms with E-state index in [4.69, 9.17) is 4.74 Å². The Kier molecular flexibility index (Phi) is 4.46. The predicted octanol–water partition coefficient (Wildman–Crippen LogP) is 3.23. The van der Waals surface area contributed by atoms with E-state index in [2.05, 4.69) is 5.32 Å². The van der Waals surface area contributed by atoms with E-state index in [0.717, 1.165) is 41.4 Å². The molecule has 1 aromatic rings. The Hall–Kier alpha value is -1.51. The molecule has 1 fully saturated rings. The molecule has 19 heavy (non-hydrogen) atoms. The zero-order valence-electron chi connectivity index (χ0n) is 12.1. The maximum Gasteiger partial charge on any atom is 0.251 e. The predicted molar refractivity (Wildman–Crippen MR) is 76.8 cm³/mol. The topological polar surface area (TPSA) is 38.3 Å². The highest BCUT2D eigenvalue weighted by atomic mass is 16.5. The number of hydrogen-bond donors (Lipinski definition) is 1. The van der Waals surface area contributed by atoms with Gasteiger partial charge in [-0.15, -0.1) is 0 Å². The lowest BCUT2D eigenvalue weighted by atomic mass is 9.83. The van der Waals surface area contributed by atoms with Gasteiger partial charge in [-0.2, -0.15) is 0 Å². The fourth-order valence-corrected chi connectivity index (χ4v) is 2.62. The van der Waals surface area contributed by atoms with Gasteiger partial charge in [0.15, 0.2) is 0 Å². The number of nitrogens with one attached hydrogen (secondary N) is 1. The van der Waals surface area contributed by atoms with Gasteiger partial charge in [0.1, 0.15) is 5.75 Å². The van der Waals surface area contributed by atoms with Gasteiger partial charge in [-0.05, 0) is 49.4 Å². The summed E-state index contributed by atoms with van der Waals surface area (Å²) >= 11 is 0. The molecular formula is C16H23NO2. The van der Waals surface area contributed by atoms with E-state index < -0.39 is 0 Å². The molecule has 1 saturated carbocycles. The number of carbonyl (C=O) groups excluding carboxylic acids is 1. The lowest BCUT2D eigenvalue weighted by molar-refractivity contribution is 0.0962. The van der Waals surface area contributed by atoms with E-state index in [1.165, 1.54) is 19.3 Å². The second-order valence-electron chi connectivity index (χ2n) is 5.45. The molecule has 0 unspecified atom stereocenters. The maximum absolute atomic E-state index is 11.8. The third kappa shape index (κ3) is 3.28. The van der Waals surface area contributed by atoms with Crippen molar-refractivity contribution in [1.29, 1.82) is 0 Å². The minimum atomic E-state index is -0.0315. The third-order valence-electron chi connectivity index (χ3n) is 3.98. The normalized spacial score (nSPS) is 14.9. The van der Waals surface area contributed by atoms with Gasteiger partial charge in [-0.3, -0.25) is 4.79 Å². The van der Waals surface area contributed by atoms with Gasteiger partial charge in [0.25, 0.3) is 5.91 Å². The first-order chi connectivity index (χ1) is 9.11. The number of carbonyl (C=O) groups is 1. The molecule has 0 bridgehead atoms. The van der Waals surface area contributed by atoms with Gasteiger partial charge in [-0.25, -0.2) is 0 Å². The summed E-state index contributed by atoms with van der Waals surface area (Å²) in [6.45, 7) is 4.69. The molecule has 0 aromatic heterocycles. The Bertz CT molecular complexity index is 441. The summed E-state index contributed by atoms with van der Waals surface area (Å²) < 4.78 is 5.81. The molecule has 0 aliphatic heterocycles. The van der Waals surface area contributed by atoms with Crippen LogP contribution in [0.5, 0.6) is 5.75 Å². The summed E-state index contributed by atoms with van der Waals surface area (Å²) in [7, 11) is 1.66. The molecule has 1 amide bonds. The molecule has 0 saturated heterocycles. The van der Waals surface area contributed by atoms with Gasteiger partial charge in [-0.1, -0.05) is 19.3 Å². The minimum Gasteiger partial charge on any atom is -0.494 e. The average molecular weight is 261 g/mol. The Balaban J connectivity index is 1.99. The van der Waals surface area contributed by atoms with Crippen LogP contribution in [-0.2, 0) is 0 Å². The van der Waals surface area contributed by atoms with Gasteiger partial charge < -0.3 is 10.1 Å². The van der Waals surface area contributed by atoms with E-state index >= 15 is 0 Å². The number of ether oxygens (including phenoxy) is 1. The molecular weight excluding hydrogens is 238 g/mol. The molecule has 0 radical (unpaired) electrons. The van der Waals surface area contributed by atoms with Crippen molar-refractivity contribution < 1.29 is 9.53 Å². The number of benzene rings is 1. The fourth-order valence-electron chi connectivity index (χ4n) is 2.62.